The zero-order valence-electron chi connectivity index (χ0n) is 8.99. The van der Waals surface area contributed by atoms with Gasteiger partial charge in [-0.3, -0.25) is 0 Å². The van der Waals surface area contributed by atoms with Crippen molar-refractivity contribution in [1.82, 2.24) is 9.97 Å². The molecule has 0 bridgehead atoms. The second-order valence-electron chi connectivity index (χ2n) is 3.09. The lowest BCUT2D eigenvalue weighted by Gasteiger charge is -2.06. The Morgan fingerprint density at radius 1 is 1.40 bits per heavy atom. The van der Waals surface area contributed by atoms with Gasteiger partial charge in [-0.1, -0.05) is 0 Å². The molecule has 0 spiro atoms. The summed E-state index contributed by atoms with van der Waals surface area (Å²) >= 11 is 5.69. The van der Waals surface area contributed by atoms with Gasteiger partial charge in [0, 0.05) is 37.6 Å². The first-order valence-electron chi connectivity index (χ1n) is 4.78. The van der Waals surface area contributed by atoms with Crippen LogP contribution in [0, 0.1) is 6.92 Å². The third-order valence-electron chi connectivity index (χ3n) is 1.93. The number of hydrogen-bond acceptors (Lipinski definition) is 4. The predicted octanol–water partition coefficient (Wildman–Crippen LogP) is 1.94. The highest BCUT2D eigenvalue weighted by atomic mass is 35.5. The lowest BCUT2D eigenvalue weighted by atomic mass is 10.3. The smallest absolute Gasteiger partial charge is 0.316 e. The Morgan fingerprint density at radius 2 is 2.20 bits per heavy atom. The quantitative estimate of drug-likeness (QED) is 0.554. The molecule has 1 aromatic heterocycles. The van der Waals surface area contributed by atoms with E-state index in [1.165, 1.54) is 0 Å². The number of nitrogens with zero attached hydrogens (tertiary/aromatic N) is 2. The Balaban J connectivity index is 2.45. The third-order valence-corrected chi connectivity index (χ3v) is 2.21. The van der Waals surface area contributed by atoms with Crippen LogP contribution in [0.2, 0.25) is 0 Å². The van der Waals surface area contributed by atoms with Gasteiger partial charge in [0.1, 0.15) is 0 Å². The molecule has 0 amide bonds. The summed E-state index contributed by atoms with van der Waals surface area (Å²) in [5.74, 6) is 0.426. The van der Waals surface area contributed by atoms with Crippen LogP contribution in [0.5, 0.6) is 6.01 Å². The molecule has 1 rings (SSSR count). The van der Waals surface area contributed by atoms with Crippen LogP contribution in [0.3, 0.4) is 0 Å². The van der Waals surface area contributed by atoms with Crippen LogP contribution in [0.15, 0.2) is 6.20 Å². The first kappa shape index (κ1) is 12.2. The van der Waals surface area contributed by atoms with Crippen LogP contribution in [0.4, 0.5) is 0 Å². The van der Waals surface area contributed by atoms with Crippen molar-refractivity contribution in [2.45, 2.75) is 19.2 Å². The summed E-state index contributed by atoms with van der Waals surface area (Å²) in [6.45, 7) is 3.13. The Hall–Kier alpha value is -0.870. The van der Waals surface area contributed by atoms with Gasteiger partial charge in [0.05, 0.1) is 12.5 Å². The summed E-state index contributed by atoms with van der Waals surface area (Å²) in [7, 11) is 1.66. The summed E-state index contributed by atoms with van der Waals surface area (Å²) in [6, 6.07) is 0.400. The van der Waals surface area contributed by atoms with Gasteiger partial charge >= 0.3 is 6.01 Å². The molecule has 0 saturated carbocycles. The van der Waals surface area contributed by atoms with E-state index in [-0.39, 0.29) is 0 Å². The molecule has 0 unspecified atom stereocenters. The van der Waals surface area contributed by atoms with E-state index in [2.05, 4.69) is 9.97 Å². The van der Waals surface area contributed by atoms with E-state index in [9.17, 15) is 0 Å². The number of halogens is 1. The Bertz CT molecular complexity index is 307. The van der Waals surface area contributed by atoms with Gasteiger partial charge in [-0.05, 0) is 6.92 Å². The molecule has 0 aliphatic rings. The number of methoxy groups -OCH3 is 1. The van der Waals surface area contributed by atoms with Crippen LogP contribution >= 0.6 is 11.6 Å². The van der Waals surface area contributed by atoms with E-state index in [0.717, 1.165) is 17.7 Å². The summed E-state index contributed by atoms with van der Waals surface area (Å²) in [6.07, 6.45) is 2.52. The molecule has 0 saturated heterocycles. The minimum atomic E-state index is 0.400. The highest BCUT2D eigenvalue weighted by Crippen LogP contribution is 2.10. The fraction of sp³-hybridized carbons (Fsp3) is 0.600. The van der Waals surface area contributed by atoms with Crippen molar-refractivity contribution in [2.75, 3.05) is 20.3 Å². The van der Waals surface area contributed by atoms with E-state index in [1.54, 1.807) is 13.3 Å². The molecule has 0 aliphatic heterocycles. The van der Waals surface area contributed by atoms with Crippen molar-refractivity contribution >= 4 is 11.6 Å². The summed E-state index contributed by atoms with van der Waals surface area (Å²) in [4.78, 5) is 8.23. The van der Waals surface area contributed by atoms with Crippen LogP contribution in [0.25, 0.3) is 0 Å². The lowest BCUT2D eigenvalue weighted by Crippen LogP contribution is -2.05. The van der Waals surface area contributed by atoms with E-state index in [0.29, 0.717) is 25.1 Å². The van der Waals surface area contributed by atoms with Crippen molar-refractivity contribution in [2.24, 2.45) is 0 Å². The summed E-state index contributed by atoms with van der Waals surface area (Å²) in [5.41, 5.74) is 1.79. The molecule has 5 heteroatoms. The largest absolute Gasteiger partial charge is 0.463 e. The molecule has 1 heterocycles. The van der Waals surface area contributed by atoms with Crippen LogP contribution in [0.1, 0.15) is 17.7 Å². The number of aromatic nitrogens is 2. The maximum atomic E-state index is 5.69. The van der Waals surface area contributed by atoms with Crippen molar-refractivity contribution in [3.8, 4) is 6.01 Å². The van der Waals surface area contributed by atoms with Crippen molar-refractivity contribution in [1.29, 1.82) is 0 Å². The van der Waals surface area contributed by atoms with Gasteiger partial charge in [-0.2, -0.15) is 0 Å². The van der Waals surface area contributed by atoms with Gasteiger partial charge in [0.25, 0.3) is 0 Å². The standard InChI is InChI=1S/C10H15ClN2O2/c1-8-9(6-11)7-12-10(13-8)15-5-3-4-14-2/h7H,3-6H2,1-2H3. The molecule has 1 aromatic rings. The predicted molar refractivity (Wildman–Crippen MR) is 58.3 cm³/mol. The molecule has 0 fully saturated rings. The van der Waals surface area contributed by atoms with Crippen molar-refractivity contribution < 1.29 is 9.47 Å². The van der Waals surface area contributed by atoms with Crippen LogP contribution in [-0.2, 0) is 10.6 Å². The summed E-state index contributed by atoms with van der Waals surface area (Å²) < 4.78 is 10.2. The number of hydrogen-bond donors (Lipinski definition) is 0. The Labute approximate surface area is 94.6 Å². The fourth-order valence-corrected chi connectivity index (χ4v) is 1.30. The monoisotopic (exact) mass is 230 g/mol. The SMILES string of the molecule is COCCCOc1ncc(CCl)c(C)n1. The number of rotatable bonds is 6. The third kappa shape index (κ3) is 4.01. The van der Waals surface area contributed by atoms with Crippen LogP contribution in [-0.4, -0.2) is 30.3 Å². The average molecular weight is 231 g/mol. The van der Waals surface area contributed by atoms with E-state index < -0.39 is 0 Å². The second kappa shape index (κ2) is 6.58. The number of alkyl halides is 1. The van der Waals surface area contributed by atoms with E-state index in [4.69, 9.17) is 21.1 Å². The van der Waals surface area contributed by atoms with Crippen LogP contribution < -0.4 is 4.74 Å². The zero-order chi connectivity index (χ0) is 11.1. The van der Waals surface area contributed by atoms with E-state index in [1.807, 2.05) is 6.92 Å². The second-order valence-corrected chi connectivity index (χ2v) is 3.36. The lowest BCUT2D eigenvalue weighted by molar-refractivity contribution is 0.168. The minimum Gasteiger partial charge on any atom is -0.463 e. The normalized spacial score (nSPS) is 10.3. The highest BCUT2D eigenvalue weighted by Gasteiger charge is 2.02. The Morgan fingerprint density at radius 3 is 2.80 bits per heavy atom. The molecule has 4 nitrogen and oxygen atoms in total. The fourth-order valence-electron chi connectivity index (χ4n) is 1.04. The summed E-state index contributed by atoms with van der Waals surface area (Å²) in [5, 5.41) is 0. The average Bonchev–Trinajstić information content (AvgIpc) is 2.25. The molecule has 0 N–H and O–H groups in total. The number of aryl methyl sites for hydroxylation is 1. The first-order valence-corrected chi connectivity index (χ1v) is 5.31. The molecule has 0 radical (unpaired) electrons. The van der Waals surface area contributed by atoms with Gasteiger partial charge < -0.3 is 9.47 Å². The zero-order valence-corrected chi connectivity index (χ0v) is 9.75. The maximum Gasteiger partial charge on any atom is 0.316 e. The van der Waals surface area contributed by atoms with E-state index >= 15 is 0 Å². The first-order chi connectivity index (χ1) is 7.27. The molecule has 0 aromatic carbocycles. The van der Waals surface area contributed by atoms with Crippen molar-refractivity contribution in [3.63, 3.8) is 0 Å². The highest BCUT2D eigenvalue weighted by molar-refractivity contribution is 6.17. The van der Waals surface area contributed by atoms with Gasteiger partial charge in [0.15, 0.2) is 0 Å². The Kier molecular flexibility index (Phi) is 5.36. The molecular formula is C10H15ClN2O2. The topological polar surface area (TPSA) is 44.2 Å². The number of ether oxygens (including phenoxy) is 2. The van der Waals surface area contributed by atoms with Gasteiger partial charge in [-0.15, -0.1) is 11.6 Å². The maximum absolute atomic E-state index is 5.69. The van der Waals surface area contributed by atoms with Gasteiger partial charge in [0.2, 0.25) is 0 Å². The molecular weight excluding hydrogens is 216 g/mol. The molecule has 84 valence electrons. The van der Waals surface area contributed by atoms with Gasteiger partial charge in [-0.25, -0.2) is 9.97 Å². The molecule has 0 aliphatic carbocycles. The van der Waals surface area contributed by atoms with Crippen molar-refractivity contribution in [3.05, 3.63) is 17.5 Å². The minimum absolute atomic E-state index is 0.400. The molecule has 0 atom stereocenters. The molecule has 15 heavy (non-hydrogen) atoms.